The number of methoxy groups -OCH3 is 1. The van der Waals surface area contributed by atoms with E-state index in [9.17, 15) is 8.42 Å². The van der Waals surface area contributed by atoms with Gasteiger partial charge in [-0.25, -0.2) is 5.84 Å². The van der Waals surface area contributed by atoms with Crippen LogP contribution in [0.5, 0.6) is 5.88 Å². The summed E-state index contributed by atoms with van der Waals surface area (Å²) in [6.07, 6.45) is 0. The molecule has 7 nitrogen and oxygen atoms in total. The topological polar surface area (TPSA) is 115 Å². The zero-order valence-electron chi connectivity index (χ0n) is 13.8. The van der Waals surface area contributed by atoms with E-state index in [4.69, 9.17) is 15.1 Å². The van der Waals surface area contributed by atoms with Gasteiger partial charge in [-0.05, 0) is 53.9 Å². The highest BCUT2D eigenvalue weighted by Crippen LogP contribution is 2.22. The zero-order valence-corrected chi connectivity index (χ0v) is 16.2. The van der Waals surface area contributed by atoms with Gasteiger partial charge in [-0.15, -0.1) is 0 Å². The van der Waals surface area contributed by atoms with E-state index in [0.717, 1.165) is 10.0 Å². The lowest BCUT2D eigenvalue weighted by atomic mass is 10.1. The van der Waals surface area contributed by atoms with Crippen molar-refractivity contribution in [3.05, 3.63) is 45.4 Å². The lowest BCUT2D eigenvalue weighted by molar-refractivity contribution is 0.398. The van der Waals surface area contributed by atoms with Crippen molar-refractivity contribution in [3.8, 4) is 5.88 Å². The molecule has 0 bridgehead atoms. The number of hydrogen-bond acceptors (Lipinski definition) is 6. The van der Waals surface area contributed by atoms with Crippen molar-refractivity contribution in [1.29, 1.82) is 0 Å². The molecular formula is C15H20BrN3O4S. The van der Waals surface area contributed by atoms with E-state index < -0.39 is 10.1 Å². The maximum absolute atomic E-state index is 10.9. The Kier molecular flexibility index (Phi) is 7.15. The number of ether oxygens (including phenoxy) is 1. The number of anilines is 1. The highest BCUT2D eigenvalue weighted by molar-refractivity contribution is 9.10. The molecule has 0 aliphatic carbocycles. The number of nitrogens with zero attached hydrogens (tertiary/aromatic N) is 1. The van der Waals surface area contributed by atoms with E-state index in [1.54, 1.807) is 45.2 Å². The maximum Gasteiger partial charge on any atom is 0.295 e. The molecule has 1 heterocycles. The standard InChI is InChI=1S/C9H12O3S.C6H8BrN3O/c1-6-4-7(2)9(8(3)5-6)13(10,11)12;1-11-5-3-2-4(7)6(9-5)10-8/h4-5H,1-3H3,(H,10,11,12);2-3H,8H2,1H3,(H,9,10). The Morgan fingerprint density at radius 1 is 1.21 bits per heavy atom. The molecule has 1 aromatic carbocycles. The number of nitrogens with one attached hydrogen (secondary N) is 1. The molecule has 0 saturated carbocycles. The van der Waals surface area contributed by atoms with Crippen molar-refractivity contribution >= 4 is 31.9 Å². The number of hydrazine groups is 1. The third-order valence-electron chi connectivity index (χ3n) is 3.03. The Bertz CT molecular complexity index is 802. The maximum atomic E-state index is 10.9. The Morgan fingerprint density at radius 2 is 1.75 bits per heavy atom. The third-order valence-corrected chi connectivity index (χ3v) is 4.83. The molecule has 0 fully saturated rings. The number of pyridine rings is 1. The van der Waals surface area contributed by atoms with Gasteiger partial charge in [0.05, 0.1) is 16.5 Å². The van der Waals surface area contributed by atoms with E-state index in [-0.39, 0.29) is 4.90 Å². The van der Waals surface area contributed by atoms with E-state index >= 15 is 0 Å². The number of hydrogen-bond donors (Lipinski definition) is 3. The summed E-state index contributed by atoms with van der Waals surface area (Å²) in [5, 5.41) is 0. The van der Waals surface area contributed by atoms with Crippen LogP contribution in [-0.4, -0.2) is 25.1 Å². The van der Waals surface area contributed by atoms with Gasteiger partial charge in [0.1, 0.15) is 0 Å². The molecule has 0 saturated heterocycles. The van der Waals surface area contributed by atoms with Gasteiger partial charge >= 0.3 is 0 Å². The summed E-state index contributed by atoms with van der Waals surface area (Å²) in [7, 11) is -2.53. The fourth-order valence-corrected chi connectivity index (χ4v) is 3.48. The van der Waals surface area contributed by atoms with Crippen LogP contribution in [0, 0.1) is 20.8 Å². The van der Waals surface area contributed by atoms with Crippen LogP contribution in [0.2, 0.25) is 0 Å². The molecule has 132 valence electrons. The molecule has 24 heavy (non-hydrogen) atoms. The largest absolute Gasteiger partial charge is 0.481 e. The molecule has 9 heteroatoms. The lowest BCUT2D eigenvalue weighted by Gasteiger charge is -2.07. The second-order valence-electron chi connectivity index (χ2n) is 5.03. The van der Waals surface area contributed by atoms with E-state index in [0.29, 0.717) is 22.8 Å². The molecule has 2 aromatic rings. The van der Waals surface area contributed by atoms with Gasteiger partial charge in [0.2, 0.25) is 5.88 Å². The first-order valence-electron chi connectivity index (χ1n) is 6.82. The average Bonchev–Trinajstić information content (AvgIpc) is 2.45. The predicted molar refractivity (Wildman–Crippen MR) is 96.8 cm³/mol. The van der Waals surface area contributed by atoms with E-state index in [1.165, 1.54) is 0 Å². The fraction of sp³-hybridized carbons (Fsp3) is 0.267. The summed E-state index contributed by atoms with van der Waals surface area (Å²) >= 11 is 3.26. The normalized spacial score (nSPS) is 10.6. The van der Waals surface area contributed by atoms with Gasteiger partial charge < -0.3 is 10.2 Å². The second kappa shape index (κ2) is 8.43. The Morgan fingerprint density at radius 3 is 2.17 bits per heavy atom. The van der Waals surface area contributed by atoms with Gasteiger partial charge in [0.15, 0.2) is 5.82 Å². The Labute approximate surface area is 150 Å². The molecule has 0 radical (unpaired) electrons. The van der Waals surface area contributed by atoms with Crippen molar-refractivity contribution in [3.63, 3.8) is 0 Å². The Hall–Kier alpha value is -1.68. The molecule has 0 aliphatic heterocycles. The van der Waals surface area contributed by atoms with Crippen LogP contribution < -0.4 is 16.0 Å². The number of benzene rings is 1. The number of aromatic nitrogens is 1. The summed E-state index contributed by atoms with van der Waals surface area (Å²) in [4.78, 5) is 4.03. The summed E-state index contributed by atoms with van der Waals surface area (Å²) < 4.78 is 36.5. The van der Waals surface area contributed by atoms with Gasteiger partial charge in [-0.1, -0.05) is 17.7 Å². The van der Waals surface area contributed by atoms with E-state index in [2.05, 4.69) is 26.3 Å². The van der Waals surface area contributed by atoms with Crippen molar-refractivity contribution in [1.82, 2.24) is 4.98 Å². The number of aryl methyl sites for hydroxylation is 3. The number of nitrogen functional groups attached to an aromatic ring is 1. The second-order valence-corrected chi connectivity index (χ2v) is 7.24. The fourth-order valence-electron chi connectivity index (χ4n) is 2.21. The van der Waals surface area contributed by atoms with Crippen molar-refractivity contribution in [2.45, 2.75) is 25.7 Å². The minimum absolute atomic E-state index is 0.0260. The molecule has 4 N–H and O–H groups in total. The van der Waals surface area contributed by atoms with Gasteiger partial charge in [0.25, 0.3) is 10.1 Å². The predicted octanol–water partition coefficient (Wildman–Crippen LogP) is 3.00. The monoisotopic (exact) mass is 417 g/mol. The van der Waals surface area contributed by atoms with Crippen LogP contribution in [0.4, 0.5) is 5.82 Å². The number of nitrogens with two attached hydrogens (primary N) is 1. The first kappa shape index (κ1) is 20.4. The van der Waals surface area contributed by atoms with Gasteiger partial charge in [0, 0.05) is 6.07 Å². The Balaban J connectivity index is 0.000000243. The smallest absolute Gasteiger partial charge is 0.295 e. The highest BCUT2D eigenvalue weighted by Gasteiger charge is 2.15. The van der Waals surface area contributed by atoms with Gasteiger partial charge in [-0.3, -0.25) is 4.55 Å². The molecule has 0 spiro atoms. The number of halogens is 1. The lowest BCUT2D eigenvalue weighted by Crippen LogP contribution is -2.09. The van der Waals surface area contributed by atoms with Crippen LogP contribution in [0.15, 0.2) is 33.6 Å². The van der Waals surface area contributed by atoms with Crippen molar-refractivity contribution < 1.29 is 17.7 Å². The first-order valence-corrected chi connectivity index (χ1v) is 9.06. The van der Waals surface area contributed by atoms with Crippen molar-refractivity contribution in [2.75, 3.05) is 12.5 Å². The van der Waals surface area contributed by atoms with Gasteiger partial charge in [-0.2, -0.15) is 13.4 Å². The van der Waals surface area contributed by atoms with Crippen LogP contribution in [0.1, 0.15) is 16.7 Å². The summed E-state index contributed by atoms with van der Waals surface area (Å²) in [5.41, 5.74) is 4.59. The minimum Gasteiger partial charge on any atom is -0.481 e. The highest BCUT2D eigenvalue weighted by atomic mass is 79.9. The first-order chi connectivity index (χ1) is 11.1. The molecule has 0 unspecified atom stereocenters. The van der Waals surface area contributed by atoms with E-state index in [1.807, 2.05) is 6.92 Å². The molecule has 0 atom stereocenters. The molecule has 0 amide bonds. The minimum atomic E-state index is -4.08. The number of rotatable bonds is 3. The van der Waals surface area contributed by atoms with Crippen LogP contribution in [0.3, 0.4) is 0 Å². The van der Waals surface area contributed by atoms with Crippen LogP contribution in [-0.2, 0) is 10.1 Å². The summed E-state index contributed by atoms with van der Waals surface area (Å²) in [6.45, 7) is 5.22. The molecule has 2 rings (SSSR count). The third kappa shape index (κ3) is 5.45. The van der Waals surface area contributed by atoms with Crippen LogP contribution >= 0.6 is 15.9 Å². The quantitative estimate of drug-likeness (QED) is 0.399. The molecule has 0 aliphatic rings. The average molecular weight is 418 g/mol. The zero-order chi connectivity index (χ0) is 18.5. The molecular weight excluding hydrogens is 398 g/mol. The summed E-state index contributed by atoms with van der Waals surface area (Å²) in [5.74, 6) is 6.26. The summed E-state index contributed by atoms with van der Waals surface area (Å²) in [6, 6.07) is 7.01. The van der Waals surface area contributed by atoms with Crippen LogP contribution in [0.25, 0.3) is 0 Å². The van der Waals surface area contributed by atoms with Crippen molar-refractivity contribution in [2.24, 2.45) is 5.84 Å². The SMILES string of the molecule is COc1ccc(Br)c(NN)n1.Cc1cc(C)c(S(=O)(=O)O)c(C)c1. The molecule has 1 aromatic heterocycles.